The number of primary amides is 1. The van der Waals surface area contributed by atoms with Gasteiger partial charge in [-0.05, 0) is 55.3 Å². The number of carbonyl (C=O) groups excluding carboxylic acids is 2. The summed E-state index contributed by atoms with van der Waals surface area (Å²) in [6.45, 7) is 1.38. The molecule has 0 bridgehead atoms. The Balaban J connectivity index is 1.41. The van der Waals surface area contributed by atoms with Crippen LogP contribution >= 0.6 is 0 Å². The van der Waals surface area contributed by atoms with Gasteiger partial charge in [0.05, 0.1) is 6.61 Å². The van der Waals surface area contributed by atoms with Crippen LogP contribution in [0.4, 0.5) is 4.39 Å². The van der Waals surface area contributed by atoms with Crippen LogP contribution < -0.4 is 19.9 Å². The molecule has 0 radical (unpaired) electrons. The van der Waals surface area contributed by atoms with Crippen molar-refractivity contribution in [1.29, 1.82) is 0 Å². The number of ether oxygens (including phenoxy) is 3. The van der Waals surface area contributed by atoms with Crippen LogP contribution in [0.2, 0.25) is 0 Å². The van der Waals surface area contributed by atoms with E-state index in [9.17, 15) is 14.0 Å². The summed E-state index contributed by atoms with van der Waals surface area (Å²) in [4.78, 5) is 26.4. The highest BCUT2D eigenvalue weighted by molar-refractivity contribution is 5.95. The van der Waals surface area contributed by atoms with Crippen molar-refractivity contribution in [1.82, 2.24) is 4.90 Å². The van der Waals surface area contributed by atoms with E-state index in [1.54, 1.807) is 35.2 Å². The third-order valence-corrected chi connectivity index (χ3v) is 5.64. The fourth-order valence-electron chi connectivity index (χ4n) is 3.91. The molecule has 4 rings (SSSR count). The van der Waals surface area contributed by atoms with Gasteiger partial charge < -0.3 is 24.8 Å². The Kier molecular flexibility index (Phi) is 5.48. The quantitative estimate of drug-likeness (QED) is 0.785. The molecule has 0 aliphatic carbocycles. The summed E-state index contributed by atoms with van der Waals surface area (Å²) in [6, 6.07) is 10.9. The Morgan fingerprint density at radius 3 is 2.47 bits per heavy atom. The lowest BCUT2D eigenvalue weighted by Gasteiger charge is -2.41. The molecule has 2 amide bonds. The molecule has 2 aliphatic heterocycles. The number of fused-ring (bicyclic) bond motifs is 1. The summed E-state index contributed by atoms with van der Waals surface area (Å²) in [6.07, 6.45) is 1.32. The smallest absolute Gasteiger partial charge is 0.253 e. The van der Waals surface area contributed by atoms with Gasteiger partial charge in [0.15, 0.2) is 11.5 Å². The molecule has 1 fully saturated rings. The summed E-state index contributed by atoms with van der Waals surface area (Å²) >= 11 is 0. The highest BCUT2D eigenvalue weighted by atomic mass is 19.1. The van der Waals surface area contributed by atoms with Crippen LogP contribution in [0.3, 0.4) is 0 Å². The molecule has 30 heavy (non-hydrogen) atoms. The Morgan fingerprint density at radius 1 is 1.07 bits per heavy atom. The van der Waals surface area contributed by atoms with E-state index < -0.39 is 11.3 Å². The topological polar surface area (TPSA) is 91.1 Å². The lowest BCUT2D eigenvalue weighted by molar-refractivity contribution is -0.121. The minimum Gasteiger partial charge on any atom is -0.493 e. The Bertz CT molecular complexity index is 939. The van der Waals surface area contributed by atoms with Crippen LogP contribution in [0.1, 0.15) is 29.6 Å². The first kappa shape index (κ1) is 20.0. The summed E-state index contributed by atoms with van der Waals surface area (Å²) in [7, 11) is 0. The molecule has 0 spiro atoms. The van der Waals surface area contributed by atoms with E-state index >= 15 is 0 Å². The van der Waals surface area contributed by atoms with Gasteiger partial charge in [0.2, 0.25) is 12.7 Å². The molecule has 0 saturated carbocycles. The van der Waals surface area contributed by atoms with E-state index in [4.69, 9.17) is 19.9 Å². The van der Waals surface area contributed by atoms with E-state index in [0.29, 0.717) is 48.7 Å². The molecule has 2 N–H and O–H groups in total. The summed E-state index contributed by atoms with van der Waals surface area (Å²) < 4.78 is 29.6. The second-order valence-corrected chi connectivity index (χ2v) is 7.75. The van der Waals surface area contributed by atoms with Crippen LogP contribution in [0.5, 0.6) is 17.2 Å². The van der Waals surface area contributed by atoms with Gasteiger partial charge in [-0.2, -0.15) is 0 Å². The van der Waals surface area contributed by atoms with Crippen LogP contribution in [-0.4, -0.2) is 43.2 Å². The minimum atomic E-state index is -0.466. The Labute approximate surface area is 173 Å². The number of likely N-dealkylation sites (tertiary alicyclic amines) is 1. The number of hydrogen-bond acceptors (Lipinski definition) is 5. The molecule has 2 aromatic rings. The molecule has 2 aliphatic rings. The number of nitrogens with two attached hydrogens (primary N) is 1. The van der Waals surface area contributed by atoms with Gasteiger partial charge >= 0.3 is 0 Å². The molecule has 0 aromatic heterocycles. The normalized spacial score (nSPS) is 16.9. The molecule has 7 nitrogen and oxygen atoms in total. The van der Waals surface area contributed by atoms with E-state index in [1.807, 2.05) is 0 Å². The number of amides is 2. The largest absolute Gasteiger partial charge is 0.493 e. The number of hydrogen-bond donors (Lipinski definition) is 1. The van der Waals surface area contributed by atoms with Gasteiger partial charge in [0.1, 0.15) is 11.6 Å². The van der Waals surface area contributed by atoms with Crippen molar-refractivity contribution in [3.63, 3.8) is 0 Å². The second-order valence-electron chi connectivity index (χ2n) is 7.75. The van der Waals surface area contributed by atoms with E-state index in [0.717, 1.165) is 0 Å². The average Bonchev–Trinajstić information content (AvgIpc) is 3.21. The summed E-state index contributed by atoms with van der Waals surface area (Å²) in [5.74, 6) is 0.870. The number of halogens is 1. The van der Waals surface area contributed by atoms with Crippen LogP contribution in [0.15, 0.2) is 42.5 Å². The van der Waals surface area contributed by atoms with Gasteiger partial charge in [-0.25, -0.2) is 4.39 Å². The zero-order valence-electron chi connectivity index (χ0n) is 16.4. The number of carbonyl (C=O) groups is 2. The van der Waals surface area contributed by atoms with Crippen molar-refractivity contribution < 1.29 is 28.2 Å². The van der Waals surface area contributed by atoms with Crippen LogP contribution in [-0.2, 0) is 4.79 Å². The maximum Gasteiger partial charge on any atom is 0.253 e. The lowest BCUT2D eigenvalue weighted by atomic mass is 9.76. The van der Waals surface area contributed by atoms with Crippen molar-refractivity contribution in [2.75, 3.05) is 26.5 Å². The van der Waals surface area contributed by atoms with Crippen molar-refractivity contribution in [2.24, 2.45) is 11.1 Å². The first-order valence-electron chi connectivity index (χ1n) is 9.80. The molecular weight excluding hydrogens is 391 g/mol. The molecule has 0 unspecified atom stereocenters. The average molecular weight is 414 g/mol. The van der Waals surface area contributed by atoms with Crippen LogP contribution in [0.25, 0.3) is 0 Å². The van der Waals surface area contributed by atoms with Gasteiger partial charge in [-0.1, -0.05) is 0 Å². The standard InChI is InChI=1S/C22H23FN2O5/c23-16-2-4-17(5-3-16)28-13-22(12-20(24)26)7-9-25(10-8-22)21(27)15-1-6-18-19(11-15)30-14-29-18/h1-6,11H,7-10,12-14H2,(H2,24,26). The highest BCUT2D eigenvalue weighted by Crippen LogP contribution is 2.37. The number of rotatable bonds is 6. The van der Waals surface area contributed by atoms with E-state index in [-0.39, 0.29) is 31.5 Å². The maximum atomic E-state index is 13.1. The minimum absolute atomic E-state index is 0.0968. The van der Waals surface area contributed by atoms with Gasteiger partial charge in [0, 0.05) is 30.5 Å². The van der Waals surface area contributed by atoms with E-state index in [2.05, 4.69) is 0 Å². The van der Waals surface area contributed by atoms with Gasteiger partial charge in [0.25, 0.3) is 5.91 Å². The highest BCUT2D eigenvalue weighted by Gasteiger charge is 2.38. The second kappa shape index (κ2) is 8.22. The molecule has 2 heterocycles. The lowest BCUT2D eigenvalue weighted by Crippen LogP contribution is -2.47. The van der Waals surface area contributed by atoms with Crippen molar-refractivity contribution >= 4 is 11.8 Å². The first-order valence-corrected chi connectivity index (χ1v) is 9.80. The third-order valence-electron chi connectivity index (χ3n) is 5.64. The fourth-order valence-corrected chi connectivity index (χ4v) is 3.91. The van der Waals surface area contributed by atoms with Crippen LogP contribution in [0, 0.1) is 11.2 Å². The monoisotopic (exact) mass is 414 g/mol. The first-order chi connectivity index (χ1) is 14.4. The maximum absolute atomic E-state index is 13.1. The molecular formula is C22H23FN2O5. The molecule has 8 heteroatoms. The zero-order valence-corrected chi connectivity index (χ0v) is 16.4. The summed E-state index contributed by atoms with van der Waals surface area (Å²) in [5, 5.41) is 0. The summed E-state index contributed by atoms with van der Waals surface area (Å²) in [5.41, 5.74) is 5.55. The molecule has 2 aromatic carbocycles. The Morgan fingerprint density at radius 2 is 1.77 bits per heavy atom. The number of benzene rings is 2. The fraction of sp³-hybridized carbons (Fsp3) is 0.364. The molecule has 158 valence electrons. The van der Waals surface area contributed by atoms with Gasteiger partial charge in [-0.3, -0.25) is 9.59 Å². The number of nitrogens with zero attached hydrogens (tertiary/aromatic N) is 1. The van der Waals surface area contributed by atoms with Crippen molar-refractivity contribution in [2.45, 2.75) is 19.3 Å². The predicted molar refractivity (Wildman–Crippen MR) is 106 cm³/mol. The third kappa shape index (κ3) is 4.32. The number of piperidine rings is 1. The zero-order chi connectivity index (χ0) is 21.1. The SMILES string of the molecule is NC(=O)CC1(COc2ccc(F)cc2)CCN(C(=O)c2ccc3c(c2)OCO3)CC1. The molecule has 1 saturated heterocycles. The van der Waals surface area contributed by atoms with Crippen molar-refractivity contribution in [3.05, 3.63) is 53.8 Å². The molecule has 0 atom stereocenters. The van der Waals surface area contributed by atoms with E-state index in [1.165, 1.54) is 12.1 Å². The van der Waals surface area contributed by atoms with Crippen molar-refractivity contribution in [3.8, 4) is 17.2 Å². The Hall–Kier alpha value is -3.29. The predicted octanol–water partition coefficient (Wildman–Crippen LogP) is 2.73. The van der Waals surface area contributed by atoms with Gasteiger partial charge in [-0.15, -0.1) is 0 Å².